The molecule has 0 radical (unpaired) electrons. The molecule has 7 heteroatoms. The highest BCUT2D eigenvalue weighted by molar-refractivity contribution is 5.97. The van der Waals surface area contributed by atoms with Crippen LogP contribution in [0.5, 0.6) is 46.0 Å². The van der Waals surface area contributed by atoms with Crippen LogP contribution in [0.4, 0.5) is 22.7 Å². The van der Waals surface area contributed by atoms with Crippen LogP contribution in [0.1, 0.15) is 78.7 Å². The van der Waals surface area contributed by atoms with Crippen molar-refractivity contribution in [2.75, 3.05) is 24.4 Å². The largest absolute Gasteiger partial charge is 0.497 e. The number of anilines is 4. The van der Waals surface area contributed by atoms with Crippen LogP contribution in [0.3, 0.4) is 0 Å². The predicted molar refractivity (Wildman–Crippen MR) is 381 cm³/mol. The Hall–Kier alpha value is -12.1. The Morgan fingerprint density at radius 2 is 0.677 bits per heavy atom. The van der Waals surface area contributed by atoms with E-state index in [2.05, 4.69) is 320 Å². The molecule has 1 unspecified atom stereocenters. The van der Waals surface area contributed by atoms with E-state index in [-0.39, 0.29) is 0 Å². The summed E-state index contributed by atoms with van der Waals surface area (Å²) >= 11 is 0. The van der Waals surface area contributed by atoms with Crippen molar-refractivity contribution in [3.63, 3.8) is 0 Å². The summed E-state index contributed by atoms with van der Waals surface area (Å²) in [4.78, 5) is 2.43. The van der Waals surface area contributed by atoms with E-state index in [0.717, 1.165) is 108 Å². The predicted octanol–water partition coefficient (Wildman–Crippen LogP) is 21.3. The molecule has 7 aliphatic rings. The van der Waals surface area contributed by atoms with Gasteiger partial charge < -0.3 is 33.9 Å². The molecule has 96 heavy (non-hydrogen) atoms. The number of ether oxygens (including phenoxy) is 5. The Kier molecular flexibility index (Phi) is 11.5. The number of hydrogen-bond donors (Lipinski definition) is 1. The van der Waals surface area contributed by atoms with Gasteiger partial charge in [0.2, 0.25) is 0 Å². The molecule has 13 aromatic rings. The molecule has 3 heterocycles. The van der Waals surface area contributed by atoms with Crippen LogP contribution in [0, 0.1) is 0 Å². The number of rotatable bonds is 8. The summed E-state index contributed by atoms with van der Waals surface area (Å²) in [5.74, 6) is 6.65. The van der Waals surface area contributed by atoms with Crippen LogP contribution >= 0.6 is 0 Å². The van der Waals surface area contributed by atoms with E-state index in [1.54, 1.807) is 14.2 Å². The molecule has 13 aromatic carbocycles. The van der Waals surface area contributed by atoms with Crippen LogP contribution in [-0.4, -0.2) is 14.2 Å². The highest BCUT2D eigenvalue weighted by atomic mass is 16.5. The topological polar surface area (TPSA) is 61.4 Å². The van der Waals surface area contributed by atoms with E-state index in [9.17, 15) is 0 Å². The number of benzene rings is 13. The molecule has 0 bridgehead atoms. The van der Waals surface area contributed by atoms with Crippen molar-refractivity contribution in [3.05, 3.63) is 387 Å². The smallest absolute Gasteiger partial charge is 0.132 e. The number of hydrogen-bond acceptors (Lipinski definition) is 7. The van der Waals surface area contributed by atoms with E-state index in [0.29, 0.717) is 6.42 Å². The summed E-state index contributed by atoms with van der Waals surface area (Å²) in [5.41, 5.74) is 23.3. The van der Waals surface area contributed by atoms with E-state index in [1.807, 2.05) is 0 Å². The van der Waals surface area contributed by atoms with Crippen LogP contribution in [0.15, 0.2) is 315 Å². The third kappa shape index (κ3) is 7.21. The third-order valence-electron chi connectivity index (χ3n) is 21.8. The van der Waals surface area contributed by atoms with Crippen LogP contribution in [0.2, 0.25) is 0 Å². The first-order valence-electron chi connectivity index (χ1n) is 33.0. The summed E-state index contributed by atoms with van der Waals surface area (Å²) in [7, 11) is 3.46. The lowest BCUT2D eigenvalue weighted by molar-refractivity contribution is 0.414. The summed E-state index contributed by atoms with van der Waals surface area (Å²) in [6.07, 6.45) is 5.41. The van der Waals surface area contributed by atoms with Gasteiger partial charge in [0.25, 0.3) is 0 Å². The molecule has 4 aliphatic carbocycles. The van der Waals surface area contributed by atoms with Crippen LogP contribution in [0.25, 0.3) is 27.8 Å². The van der Waals surface area contributed by atoms with Gasteiger partial charge in [0.15, 0.2) is 0 Å². The van der Waals surface area contributed by atoms with Gasteiger partial charge in [-0.3, -0.25) is 0 Å². The number of nitrogens with zero attached hydrogens (tertiary/aromatic N) is 1. The van der Waals surface area contributed by atoms with Crippen molar-refractivity contribution in [1.82, 2.24) is 0 Å². The molecule has 0 amide bonds. The maximum absolute atomic E-state index is 7.09. The quantitative estimate of drug-likeness (QED) is 0.163. The van der Waals surface area contributed by atoms with Gasteiger partial charge in [0, 0.05) is 62.6 Å². The first-order chi connectivity index (χ1) is 47.4. The lowest BCUT2D eigenvalue weighted by Crippen LogP contribution is -2.41. The van der Waals surface area contributed by atoms with Gasteiger partial charge in [-0.05, 0) is 182 Å². The average molecular weight is 1240 g/mol. The second kappa shape index (κ2) is 20.2. The first kappa shape index (κ1) is 54.5. The molecule has 456 valence electrons. The fraction of sp³-hybridized carbons (Fsp3) is 0.0787. The van der Waals surface area contributed by atoms with E-state index in [1.165, 1.54) is 66.8 Å². The van der Waals surface area contributed by atoms with Crippen LogP contribution < -0.4 is 33.9 Å². The minimum atomic E-state index is -0.847. The van der Waals surface area contributed by atoms with Crippen molar-refractivity contribution < 1.29 is 23.7 Å². The summed E-state index contributed by atoms with van der Waals surface area (Å²) in [6, 6.07) is 108. The van der Waals surface area contributed by atoms with Gasteiger partial charge in [0.05, 0.1) is 36.0 Å². The van der Waals surface area contributed by atoms with E-state index >= 15 is 0 Å². The molecule has 3 aliphatic heterocycles. The number of methoxy groups -OCH3 is 2. The van der Waals surface area contributed by atoms with E-state index < -0.39 is 21.8 Å². The summed E-state index contributed by atoms with van der Waals surface area (Å²) in [5, 5.41) is 4.38. The minimum Gasteiger partial charge on any atom is -0.497 e. The number of para-hydroxylation sites is 6. The first-order valence-corrected chi connectivity index (χ1v) is 33.0. The fourth-order valence-corrected chi connectivity index (χ4v) is 17.9. The maximum atomic E-state index is 7.09. The SMILES string of the molecule is COc1ccc(N(c2ccc3c(c2)C2(C4=C3C=CC(Nc3ccc5c(c3)C3(c6ccccc6Oc6ccccc63)c3ccccc3-5)(c3ccc(OC)cc3)C4)c3ccccc3Oc3ccccc32)c2ccc3c(c2)C2(c4ccccc4Oc4ccccc42)c2ccccc2-3)cc1. The molecule has 3 spiro atoms. The van der Waals surface area contributed by atoms with Gasteiger partial charge in [0.1, 0.15) is 46.0 Å². The zero-order valence-corrected chi connectivity index (χ0v) is 52.6. The second-order valence-electron chi connectivity index (χ2n) is 26.1. The van der Waals surface area contributed by atoms with Gasteiger partial charge in [-0.15, -0.1) is 0 Å². The Labute approximate surface area is 557 Å². The molecule has 0 saturated carbocycles. The molecular formula is C89H60N2O5. The Morgan fingerprint density at radius 1 is 0.323 bits per heavy atom. The lowest BCUT2D eigenvalue weighted by atomic mass is 9.62. The second-order valence-corrected chi connectivity index (χ2v) is 26.1. The van der Waals surface area contributed by atoms with Gasteiger partial charge in [-0.2, -0.15) is 0 Å². The van der Waals surface area contributed by atoms with Crippen molar-refractivity contribution in [3.8, 4) is 68.2 Å². The van der Waals surface area contributed by atoms with Gasteiger partial charge in [-0.25, -0.2) is 0 Å². The molecule has 7 nitrogen and oxygen atoms in total. The molecule has 20 rings (SSSR count). The molecular weight excluding hydrogens is 1180 g/mol. The highest BCUT2D eigenvalue weighted by Crippen LogP contribution is 2.68. The summed E-state index contributed by atoms with van der Waals surface area (Å²) in [6.45, 7) is 0. The number of nitrogens with one attached hydrogen (secondary N) is 1. The zero-order valence-electron chi connectivity index (χ0n) is 52.6. The van der Waals surface area contributed by atoms with Crippen molar-refractivity contribution >= 4 is 28.3 Å². The molecule has 0 fully saturated rings. The van der Waals surface area contributed by atoms with Crippen molar-refractivity contribution in [2.24, 2.45) is 0 Å². The Balaban J connectivity index is 0.792. The molecule has 0 aromatic heterocycles. The Morgan fingerprint density at radius 3 is 1.14 bits per heavy atom. The number of fused-ring (bicyclic) bond motifs is 26. The normalized spacial score (nSPS) is 16.9. The average Bonchev–Trinajstić information content (AvgIpc) is 1.51. The lowest BCUT2D eigenvalue weighted by Gasteiger charge is -2.45. The standard InChI is InChI=1S/C89H60N2O5/c1-92-60-42-35-55(36-43-60)86(90-56-37-46-64-62-19-3-5-21-68(62)87(76(64)51-56)70-23-7-13-29-80(70)94-81-30-14-8-24-71(81)87)50-49-67-66-48-41-59(53-78(66)89(79(67)54-86)74-27-11-17-33-84(74)96-85-34-18-12-28-75(85)89)91(57-38-44-61(93-2)45-39-57)58-40-47-65-63-20-4-6-22-69(63)88(77(65)52-58)72-25-9-15-31-82(72)95-83-32-16-10-26-73(83)88/h3-53,90H,54H2,1-2H3. The molecule has 1 atom stereocenters. The van der Waals surface area contributed by atoms with Crippen molar-refractivity contribution in [2.45, 2.75) is 28.2 Å². The van der Waals surface area contributed by atoms with Crippen LogP contribution in [-0.2, 0) is 21.8 Å². The number of allylic oxidation sites excluding steroid dienone is 2. The highest BCUT2D eigenvalue weighted by Gasteiger charge is 2.57. The Bertz CT molecular complexity index is 5390. The third-order valence-corrected chi connectivity index (χ3v) is 21.8. The zero-order chi connectivity index (χ0) is 63.5. The van der Waals surface area contributed by atoms with Gasteiger partial charge in [-0.1, -0.05) is 200 Å². The molecule has 1 N–H and O–H groups in total. The van der Waals surface area contributed by atoms with E-state index in [4.69, 9.17) is 23.7 Å². The molecule has 0 saturated heterocycles. The minimum absolute atomic E-state index is 0.585. The van der Waals surface area contributed by atoms with Crippen molar-refractivity contribution in [1.29, 1.82) is 0 Å². The fourth-order valence-electron chi connectivity index (χ4n) is 17.9. The van der Waals surface area contributed by atoms with Gasteiger partial charge >= 0.3 is 0 Å². The monoisotopic (exact) mass is 1240 g/mol. The maximum Gasteiger partial charge on any atom is 0.132 e. The summed E-state index contributed by atoms with van der Waals surface area (Å²) < 4.78 is 32.5.